The second-order valence-corrected chi connectivity index (χ2v) is 25.0. The number of aliphatic imine (C=N–C) groups is 1. The van der Waals surface area contributed by atoms with Crippen LogP contribution in [0.25, 0.3) is 10.9 Å². The molecule has 2 unspecified atom stereocenters. The molecule has 530 valence electrons. The summed E-state index contributed by atoms with van der Waals surface area (Å²) in [5.41, 5.74) is 24.3. The number of fused-ring (bicyclic) bond motifs is 1. The van der Waals surface area contributed by atoms with Crippen molar-refractivity contribution in [3.63, 3.8) is 0 Å². The molecule has 1 aliphatic heterocycles. The van der Waals surface area contributed by atoms with Crippen molar-refractivity contribution in [1.82, 2.24) is 58.2 Å². The number of aromatic amines is 1. The molecule has 11 amide bonds. The van der Waals surface area contributed by atoms with Crippen molar-refractivity contribution < 1.29 is 82.7 Å². The van der Waals surface area contributed by atoms with E-state index in [-0.39, 0.29) is 62.5 Å². The minimum Gasteiger partial charge on any atom is -0.453 e. The fourth-order valence-corrected chi connectivity index (χ4v) is 10.3. The highest BCUT2D eigenvalue weighted by atomic mass is 16.5. The van der Waals surface area contributed by atoms with Crippen molar-refractivity contribution >= 4 is 87.8 Å². The number of primary amides is 1. The Labute approximate surface area is 555 Å². The summed E-state index contributed by atoms with van der Waals surface area (Å²) >= 11 is 0. The third-order valence-corrected chi connectivity index (χ3v) is 15.8. The smallest absolute Gasteiger partial charge is 0.331 e. The highest BCUT2D eigenvalue weighted by molar-refractivity contribution is 6.00. The van der Waals surface area contributed by atoms with Crippen LogP contribution in [0.15, 0.2) is 65.8 Å². The molecule has 0 aliphatic carbocycles. The number of nitrogens with one attached hydrogen (secondary N) is 11. The third-order valence-electron chi connectivity index (χ3n) is 15.8. The Morgan fingerprint density at radius 1 is 0.667 bits per heavy atom. The predicted molar refractivity (Wildman–Crippen MR) is 349 cm³/mol. The summed E-state index contributed by atoms with van der Waals surface area (Å²) in [4.78, 5) is 178. The van der Waals surface area contributed by atoms with Gasteiger partial charge in [-0.3, -0.25) is 57.7 Å². The van der Waals surface area contributed by atoms with Crippen molar-refractivity contribution in [2.24, 2.45) is 51.6 Å². The molecule has 23 N–H and O–H groups in total. The number of carbonyl (C=O) groups excluding carboxylic acids is 12. The standard InChI is InChI=1S/C63H96N16O17/c1-10-32(8)44-58(91)77-45(33(9)81)57(90)70-27-43(82)75-47(50(84)52(65)85)60(93)74-42(28-80)62(95)96-51(34-17-12-11-13-18-34)48(79-56(89)41(24-30(4)5)72-53(86)37(64)25-35-26-69-38-20-15-14-19-36(35)38)61(94)78-46(49(83)31(6)7)59(92)73-40(23-29(2)3)55(88)71-39(54(87)76-44)21-16-22-68-63(66)67/h11-15,17-20,26,29-33,37,39-42,44-51,69,80-81,83-84H,10,16,21-25,27-28,64H2,1-9H3,(H2,65,85)(H,70,90)(H,71,88)(H,72,86)(H,73,92)(H,74,93)(H,75,82)(H,76,87)(H,77,91)(H,78,94)(H,79,89)(H4,66,67,68)/t32-,33-,37+,39+,40-,41-,42-,44?,45?,46-,47-,48-,49+,50-,51+/m0/s1. The number of cyclic esters (lactones) is 1. The quantitative estimate of drug-likeness (QED) is 0.0183. The molecular formula is C63H96N16O17. The van der Waals surface area contributed by atoms with Crippen LogP contribution in [-0.2, 0) is 68.7 Å². The lowest BCUT2D eigenvalue weighted by Crippen LogP contribution is -2.64. The fourth-order valence-electron chi connectivity index (χ4n) is 10.3. The van der Waals surface area contributed by atoms with Gasteiger partial charge in [-0.2, -0.15) is 0 Å². The maximum absolute atomic E-state index is 15.5. The molecule has 0 radical (unpaired) electrons. The number of hydrogen-bond donors (Lipinski definition) is 19. The van der Waals surface area contributed by atoms with Crippen LogP contribution in [0.5, 0.6) is 0 Å². The monoisotopic (exact) mass is 1350 g/mol. The van der Waals surface area contributed by atoms with Crippen LogP contribution in [0.2, 0.25) is 0 Å². The maximum Gasteiger partial charge on any atom is 0.331 e. The SMILES string of the molecule is CC[C@H](C)C1NC(=O)[C@@H](CCCN=C(N)N)NC(=O)[C@H](CC(C)C)NC(=O)[C@H]([C@H](O)C(C)C)NC(=O)[C@@H](NC(=O)[C@H](CC(C)C)NC(=O)[C@H](N)Cc2c[nH]c3ccccc23)[C@@H](c2ccccc2)OC(=O)[C@H](CO)NC(=O)[C@H]([C@H](O)C(N)=O)NC(=O)CNC(=O)C([C@H](C)O)NC1=O. The molecule has 33 nitrogen and oxygen atoms in total. The molecule has 0 spiro atoms. The van der Waals surface area contributed by atoms with Gasteiger partial charge in [0.1, 0.15) is 48.3 Å². The summed E-state index contributed by atoms with van der Waals surface area (Å²) in [6.45, 7) is 11.7. The van der Waals surface area contributed by atoms with Crippen molar-refractivity contribution in [3.05, 3.63) is 71.9 Å². The number of H-pyrrole nitrogens is 1. The number of benzene rings is 2. The first-order valence-electron chi connectivity index (χ1n) is 31.7. The number of aromatic nitrogens is 1. The second kappa shape index (κ2) is 37.7. The number of aliphatic hydroxyl groups is 4. The average molecular weight is 1350 g/mol. The Hall–Kier alpha value is -9.31. The molecule has 15 atom stereocenters. The van der Waals surface area contributed by atoms with Gasteiger partial charge in [-0.1, -0.05) is 110 Å². The molecular weight excluding hydrogens is 1250 g/mol. The Kier molecular flexibility index (Phi) is 31.1. The van der Waals surface area contributed by atoms with E-state index in [4.69, 9.17) is 27.7 Å². The summed E-state index contributed by atoms with van der Waals surface area (Å²) in [5.74, 6) is -17.4. The van der Waals surface area contributed by atoms with Gasteiger partial charge in [-0.25, -0.2) is 4.79 Å². The summed E-state index contributed by atoms with van der Waals surface area (Å²) in [5, 5.41) is 69.2. The first kappa shape index (κ1) is 79.1. The fraction of sp³-hybridized carbons (Fsp3) is 0.571. The summed E-state index contributed by atoms with van der Waals surface area (Å²) < 4.78 is 5.97. The van der Waals surface area contributed by atoms with Crippen LogP contribution in [0, 0.1) is 23.7 Å². The Balaban J connectivity index is 1.97. The zero-order chi connectivity index (χ0) is 71.8. The van der Waals surface area contributed by atoms with Crippen molar-refractivity contribution in [3.8, 4) is 0 Å². The minimum absolute atomic E-state index is 0.000326. The number of amides is 11. The topological polar surface area (TPSA) is 548 Å². The van der Waals surface area contributed by atoms with Crippen molar-refractivity contribution in [2.45, 2.75) is 186 Å². The summed E-state index contributed by atoms with van der Waals surface area (Å²) in [6, 6.07) is -3.79. The van der Waals surface area contributed by atoms with Crippen molar-refractivity contribution in [2.75, 3.05) is 19.7 Å². The maximum atomic E-state index is 15.5. The lowest BCUT2D eigenvalue weighted by molar-refractivity contribution is -0.159. The van der Waals surface area contributed by atoms with Gasteiger partial charge in [0, 0.05) is 23.6 Å². The molecule has 1 aliphatic rings. The number of aliphatic hydroxyl groups excluding tert-OH is 4. The largest absolute Gasteiger partial charge is 0.453 e. The molecule has 2 aromatic carbocycles. The number of nitrogens with zero attached hydrogens (tertiary/aromatic N) is 1. The van der Waals surface area contributed by atoms with Crippen molar-refractivity contribution in [1.29, 1.82) is 0 Å². The number of carbonyl (C=O) groups is 12. The average Bonchev–Trinajstić information content (AvgIpc) is 1.29. The van der Waals surface area contributed by atoms with Crippen LogP contribution < -0.4 is 76.1 Å². The molecule has 0 bridgehead atoms. The first-order chi connectivity index (χ1) is 45.2. The van der Waals surface area contributed by atoms with Gasteiger partial charge >= 0.3 is 5.97 Å². The van der Waals surface area contributed by atoms with E-state index < -0.39 is 187 Å². The van der Waals surface area contributed by atoms with E-state index in [1.54, 1.807) is 53.8 Å². The van der Waals surface area contributed by atoms with E-state index in [1.807, 2.05) is 28.8 Å². The molecule has 1 fully saturated rings. The molecule has 0 saturated carbocycles. The van der Waals surface area contributed by atoms with Gasteiger partial charge in [0.05, 0.1) is 31.4 Å². The minimum atomic E-state index is -2.58. The van der Waals surface area contributed by atoms with E-state index in [2.05, 4.69) is 52.5 Å². The Morgan fingerprint density at radius 2 is 1.25 bits per heavy atom. The summed E-state index contributed by atoms with van der Waals surface area (Å²) in [7, 11) is 0. The number of esters is 1. The van der Waals surface area contributed by atoms with E-state index in [9.17, 15) is 68.4 Å². The third kappa shape index (κ3) is 23.6. The molecule has 1 aromatic heterocycles. The molecule has 1 saturated heterocycles. The van der Waals surface area contributed by atoms with E-state index in [1.165, 1.54) is 44.2 Å². The number of nitrogens with two attached hydrogens (primary N) is 4. The summed E-state index contributed by atoms with van der Waals surface area (Å²) in [6.07, 6.45) is -6.68. The number of ether oxygens (including phenoxy) is 1. The predicted octanol–water partition coefficient (Wildman–Crippen LogP) is -4.76. The van der Waals surface area contributed by atoms with Gasteiger partial charge in [-0.15, -0.1) is 0 Å². The second-order valence-electron chi connectivity index (χ2n) is 25.0. The van der Waals surface area contributed by atoms with Gasteiger partial charge in [0.25, 0.3) is 0 Å². The molecule has 4 rings (SSSR count). The molecule has 2 heterocycles. The zero-order valence-corrected chi connectivity index (χ0v) is 55.4. The zero-order valence-electron chi connectivity index (χ0n) is 55.4. The van der Waals surface area contributed by atoms with Crippen LogP contribution >= 0.6 is 0 Å². The van der Waals surface area contributed by atoms with Gasteiger partial charge in [0.2, 0.25) is 65.0 Å². The normalized spacial score (nSPS) is 23.9. The molecule has 3 aromatic rings. The molecule has 96 heavy (non-hydrogen) atoms. The van der Waals surface area contributed by atoms with Crippen LogP contribution in [0.1, 0.15) is 112 Å². The lowest BCUT2D eigenvalue weighted by atomic mass is 9.95. The highest BCUT2D eigenvalue weighted by Gasteiger charge is 2.44. The van der Waals surface area contributed by atoms with Gasteiger partial charge < -0.3 is 106 Å². The van der Waals surface area contributed by atoms with E-state index in [0.717, 1.165) is 17.8 Å². The Bertz CT molecular complexity index is 3210. The molecule has 33 heteroatoms. The van der Waals surface area contributed by atoms with Gasteiger partial charge in [-0.05, 0) is 79.9 Å². The number of hydrogen-bond acceptors (Lipinski definition) is 19. The number of rotatable bonds is 23. The Morgan fingerprint density at radius 3 is 1.84 bits per heavy atom. The highest BCUT2D eigenvalue weighted by Crippen LogP contribution is 2.25. The van der Waals surface area contributed by atoms with Crippen LogP contribution in [-0.4, -0.2) is 201 Å². The van der Waals surface area contributed by atoms with Gasteiger partial charge in [0.15, 0.2) is 24.2 Å². The lowest BCUT2D eigenvalue weighted by Gasteiger charge is -2.33. The van der Waals surface area contributed by atoms with Crippen LogP contribution in [0.4, 0.5) is 0 Å². The number of guanidine groups is 1. The first-order valence-corrected chi connectivity index (χ1v) is 31.7. The van der Waals surface area contributed by atoms with E-state index in [0.29, 0.717) is 5.56 Å². The van der Waals surface area contributed by atoms with Crippen LogP contribution in [0.3, 0.4) is 0 Å². The number of para-hydroxylation sites is 1. The van der Waals surface area contributed by atoms with E-state index >= 15 is 9.59 Å².